The highest BCUT2D eigenvalue weighted by Gasteiger charge is 2.31. The summed E-state index contributed by atoms with van der Waals surface area (Å²) in [6.07, 6.45) is 2.52. The van der Waals surface area contributed by atoms with E-state index in [-0.39, 0.29) is 39.5 Å². The van der Waals surface area contributed by atoms with Gasteiger partial charge in [-0.2, -0.15) is 4.98 Å². The summed E-state index contributed by atoms with van der Waals surface area (Å²) in [6.45, 7) is 6.86. The number of halogens is 5. The SMILES string of the molecule is CC(C)(C)OC(=O)N1CCCC(Cn2c(-c3c(Cl)cccc3Cl)c(F)c3cnc(NCc4ccc(F)c(F)c4)nc32)C1. The second kappa shape index (κ2) is 12.0. The molecule has 0 aliphatic carbocycles. The van der Waals surface area contributed by atoms with E-state index < -0.39 is 29.1 Å². The molecule has 7 nitrogen and oxygen atoms in total. The minimum atomic E-state index is -0.962. The molecule has 4 aromatic rings. The van der Waals surface area contributed by atoms with Crippen molar-refractivity contribution in [1.82, 2.24) is 19.4 Å². The minimum absolute atomic E-state index is 0.0464. The van der Waals surface area contributed by atoms with E-state index in [1.165, 1.54) is 12.3 Å². The van der Waals surface area contributed by atoms with Crippen LogP contribution >= 0.6 is 23.2 Å². The molecule has 5 rings (SSSR count). The maximum absolute atomic E-state index is 16.1. The topological polar surface area (TPSA) is 72.3 Å². The van der Waals surface area contributed by atoms with Crippen molar-refractivity contribution >= 4 is 46.3 Å². The molecule has 42 heavy (non-hydrogen) atoms. The van der Waals surface area contributed by atoms with Gasteiger partial charge in [0.1, 0.15) is 11.2 Å². The van der Waals surface area contributed by atoms with E-state index in [1.807, 2.05) is 20.8 Å². The highest BCUT2D eigenvalue weighted by atomic mass is 35.5. The summed E-state index contributed by atoms with van der Waals surface area (Å²) < 4.78 is 50.5. The van der Waals surface area contributed by atoms with Crippen molar-refractivity contribution in [2.24, 2.45) is 5.92 Å². The van der Waals surface area contributed by atoms with E-state index in [0.717, 1.165) is 25.0 Å². The number of ether oxygens (including phenoxy) is 1. The van der Waals surface area contributed by atoms with Gasteiger partial charge in [-0.15, -0.1) is 0 Å². The Morgan fingerprint density at radius 2 is 1.86 bits per heavy atom. The number of anilines is 1. The molecule has 1 fully saturated rings. The molecule has 2 aromatic carbocycles. The van der Waals surface area contributed by atoms with Crippen LogP contribution in [0.1, 0.15) is 39.2 Å². The van der Waals surface area contributed by atoms with Crippen molar-refractivity contribution in [2.75, 3.05) is 18.4 Å². The van der Waals surface area contributed by atoms with Crippen molar-refractivity contribution in [3.63, 3.8) is 0 Å². The van der Waals surface area contributed by atoms with E-state index >= 15 is 4.39 Å². The maximum Gasteiger partial charge on any atom is 0.410 e. The van der Waals surface area contributed by atoms with Crippen molar-refractivity contribution in [3.05, 3.63) is 75.7 Å². The lowest BCUT2D eigenvalue weighted by Crippen LogP contribution is -2.43. The number of amides is 1. The maximum atomic E-state index is 16.1. The Morgan fingerprint density at radius 3 is 2.55 bits per heavy atom. The number of carbonyl (C=O) groups excluding carboxylic acids is 1. The van der Waals surface area contributed by atoms with Gasteiger partial charge in [-0.25, -0.2) is 22.9 Å². The van der Waals surface area contributed by atoms with Gasteiger partial charge in [0.15, 0.2) is 17.5 Å². The number of carbonyl (C=O) groups is 1. The van der Waals surface area contributed by atoms with Gasteiger partial charge in [0.05, 0.1) is 21.1 Å². The number of fused-ring (bicyclic) bond motifs is 1. The van der Waals surface area contributed by atoms with Crippen molar-refractivity contribution in [2.45, 2.75) is 52.3 Å². The summed E-state index contributed by atoms with van der Waals surface area (Å²) in [5.74, 6) is -2.36. The molecule has 1 saturated heterocycles. The number of aromatic nitrogens is 3. The van der Waals surface area contributed by atoms with Crippen molar-refractivity contribution in [3.8, 4) is 11.3 Å². The summed E-state index contributed by atoms with van der Waals surface area (Å²) >= 11 is 13.1. The zero-order valence-corrected chi connectivity index (χ0v) is 24.9. The fraction of sp³-hybridized carbons (Fsp3) is 0.367. The minimum Gasteiger partial charge on any atom is -0.444 e. The average molecular weight is 621 g/mol. The highest BCUT2D eigenvalue weighted by Crippen LogP contribution is 2.40. The third-order valence-electron chi connectivity index (χ3n) is 6.98. The van der Waals surface area contributed by atoms with Gasteiger partial charge in [-0.3, -0.25) is 0 Å². The van der Waals surface area contributed by atoms with Crippen LogP contribution in [0.3, 0.4) is 0 Å². The van der Waals surface area contributed by atoms with Crippen LogP contribution in [-0.2, 0) is 17.8 Å². The van der Waals surface area contributed by atoms with E-state index in [0.29, 0.717) is 36.4 Å². The number of likely N-dealkylation sites (tertiary alicyclic amines) is 1. The lowest BCUT2D eigenvalue weighted by atomic mass is 9.98. The van der Waals surface area contributed by atoms with Crippen LogP contribution in [0.5, 0.6) is 0 Å². The smallest absolute Gasteiger partial charge is 0.410 e. The van der Waals surface area contributed by atoms with Crippen LogP contribution in [0, 0.1) is 23.4 Å². The molecular formula is C30H30Cl2F3N5O2. The largest absolute Gasteiger partial charge is 0.444 e. The Morgan fingerprint density at radius 1 is 1.12 bits per heavy atom. The number of piperidine rings is 1. The molecule has 222 valence electrons. The van der Waals surface area contributed by atoms with Gasteiger partial charge in [0.25, 0.3) is 0 Å². The van der Waals surface area contributed by atoms with Crippen LogP contribution in [0.15, 0.2) is 42.6 Å². The van der Waals surface area contributed by atoms with E-state index in [1.54, 1.807) is 27.7 Å². The van der Waals surface area contributed by atoms with Gasteiger partial charge in [-0.1, -0.05) is 35.3 Å². The molecule has 0 spiro atoms. The fourth-order valence-electron chi connectivity index (χ4n) is 5.11. The van der Waals surface area contributed by atoms with Crippen molar-refractivity contribution < 1.29 is 22.7 Å². The molecule has 1 unspecified atom stereocenters. The fourth-order valence-corrected chi connectivity index (χ4v) is 5.69. The first-order valence-corrected chi connectivity index (χ1v) is 14.3. The first kappa shape index (κ1) is 30.0. The molecule has 0 saturated carbocycles. The predicted molar refractivity (Wildman–Crippen MR) is 157 cm³/mol. The number of rotatable bonds is 6. The Bertz CT molecular complexity index is 1620. The Balaban J connectivity index is 1.52. The highest BCUT2D eigenvalue weighted by molar-refractivity contribution is 6.39. The molecular weight excluding hydrogens is 590 g/mol. The summed E-state index contributed by atoms with van der Waals surface area (Å²) in [5.41, 5.74) is 0.648. The monoisotopic (exact) mass is 619 g/mol. The Labute approximate surface area is 251 Å². The number of nitrogens with zero attached hydrogens (tertiary/aromatic N) is 4. The van der Waals surface area contributed by atoms with E-state index in [9.17, 15) is 13.6 Å². The molecule has 1 aliphatic heterocycles. The first-order chi connectivity index (χ1) is 19.9. The molecule has 1 amide bonds. The lowest BCUT2D eigenvalue weighted by Gasteiger charge is -2.34. The second-order valence-corrected chi connectivity index (χ2v) is 12.2. The molecule has 1 N–H and O–H groups in total. The molecule has 3 heterocycles. The van der Waals surface area contributed by atoms with E-state index in [2.05, 4.69) is 15.3 Å². The zero-order chi connectivity index (χ0) is 30.2. The van der Waals surface area contributed by atoms with Crippen LogP contribution < -0.4 is 5.32 Å². The quantitative estimate of drug-likeness (QED) is 0.236. The number of hydrogen-bond donors (Lipinski definition) is 1. The summed E-state index contributed by atoms with van der Waals surface area (Å²) in [6, 6.07) is 8.52. The Kier molecular flexibility index (Phi) is 8.57. The molecule has 12 heteroatoms. The first-order valence-electron chi connectivity index (χ1n) is 13.6. The summed E-state index contributed by atoms with van der Waals surface area (Å²) in [5, 5.41) is 3.71. The number of benzene rings is 2. The average Bonchev–Trinajstić information content (AvgIpc) is 3.19. The third-order valence-corrected chi connectivity index (χ3v) is 7.61. The van der Waals surface area contributed by atoms with Gasteiger partial charge >= 0.3 is 6.09 Å². The third kappa shape index (κ3) is 6.44. The molecule has 2 aromatic heterocycles. The summed E-state index contributed by atoms with van der Waals surface area (Å²) in [4.78, 5) is 23.3. The normalized spacial score (nSPS) is 15.7. The predicted octanol–water partition coefficient (Wildman–Crippen LogP) is 8.08. The molecule has 0 bridgehead atoms. The summed E-state index contributed by atoms with van der Waals surface area (Å²) in [7, 11) is 0. The van der Waals surface area contributed by atoms with Gasteiger partial charge in [0.2, 0.25) is 5.95 Å². The zero-order valence-electron chi connectivity index (χ0n) is 23.4. The van der Waals surface area contributed by atoms with Crippen LogP contribution in [0.2, 0.25) is 10.0 Å². The van der Waals surface area contributed by atoms with Gasteiger partial charge < -0.3 is 19.5 Å². The molecule has 1 atom stereocenters. The molecule has 0 radical (unpaired) electrons. The lowest BCUT2D eigenvalue weighted by molar-refractivity contribution is 0.0158. The van der Waals surface area contributed by atoms with Crippen molar-refractivity contribution in [1.29, 1.82) is 0 Å². The van der Waals surface area contributed by atoms with E-state index in [4.69, 9.17) is 27.9 Å². The van der Waals surface area contributed by atoms with Gasteiger partial charge in [0, 0.05) is 37.9 Å². The second-order valence-electron chi connectivity index (χ2n) is 11.3. The standard InChI is InChI=1S/C30H30Cl2F3N5O2/c1-30(2,3)42-29(41)39-11-5-6-18(15-39)16-40-26(24-20(31)7-4-8-21(24)32)25(35)19-14-37-28(38-27(19)40)36-13-17-9-10-22(33)23(34)12-17/h4,7-10,12,14,18H,5-6,11,13,15-16H2,1-3H3,(H,36,37,38). The number of hydrogen-bond acceptors (Lipinski definition) is 5. The van der Waals surface area contributed by atoms with Gasteiger partial charge in [-0.05, 0) is 69.4 Å². The van der Waals surface area contributed by atoms with Crippen LogP contribution in [-0.4, -0.2) is 44.2 Å². The Hall–Kier alpha value is -3.50. The van der Waals surface area contributed by atoms with Crippen LogP contribution in [0.25, 0.3) is 22.3 Å². The number of nitrogens with one attached hydrogen (secondary N) is 1. The molecule has 1 aliphatic rings. The van der Waals surface area contributed by atoms with Crippen LogP contribution in [0.4, 0.5) is 23.9 Å².